The van der Waals surface area contributed by atoms with Crippen LogP contribution in [0, 0.1) is 17.2 Å². The Morgan fingerprint density at radius 1 is 0.462 bits per heavy atom. The van der Waals surface area contributed by atoms with E-state index in [2.05, 4.69) is 78.8 Å². The van der Waals surface area contributed by atoms with Crippen molar-refractivity contribution in [3.8, 4) is 0 Å². The summed E-state index contributed by atoms with van der Waals surface area (Å²) in [5.74, 6) is -28.0. The van der Waals surface area contributed by atoms with Crippen molar-refractivity contribution in [3.63, 3.8) is 0 Å². The number of nitrogens with zero attached hydrogens (tertiary/aromatic N) is 4. The molecule has 6 rings (SSSR count). The van der Waals surface area contributed by atoms with Crippen LogP contribution in [0.5, 0.6) is 0 Å². The molecule has 31 N–H and O–H groups in total. The lowest BCUT2D eigenvalue weighted by Crippen LogP contribution is -2.62. The van der Waals surface area contributed by atoms with Crippen molar-refractivity contribution < 1.29 is 146 Å². The number of amides is 16. The number of rotatable bonds is 59. The molecule has 0 aliphatic carbocycles. The number of guanidine groups is 1. The van der Waals surface area contributed by atoms with Crippen LogP contribution < -0.4 is 108 Å². The van der Waals surface area contributed by atoms with Crippen molar-refractivity contribution in [2.75, 3.05) is 44.4 Å². The highest BCUT2D eigenvalue weighted by atomic mass is 32.2. The van der Waals surface area contributed by atoms with Gasteiger partial charge in [0, 0.05) is 69.3 Å². The molecular formula is C87H118N24O31S3. The van der Waals surface area contributed by atoms with E-state index in [1.54, 1.807) is 18.2 Å². The minimum absolute atomic E-state index is 0.0745. The topological polar surface area (TPSA) is 902 Å². The number of aliphatic hydroxyl groups is 1. The summed E-state index contributed by atoms with van der Waals surface area (Å²) in [6, 6.07) is -0.526. The van der Waals surface area contributed by atoms with Crippen LogP contribution in [0.4, 0.5) is 22.7 Å². The summed E-state index contributed by atoms with van der Waals surface area (Å²) in [6.07, 6.45) is -8.27. The van der Waals surface area contributed by atoms with Crippen molar-refractivity contribution in [2.45, 2.75) is 218 Å². The van der Waals surface area contributed by atoms with Crippen molar-refractivity contribution in [1.82, 2.24) is 79.0 Å². The largest absolute Gasteiger partial charge is 0.481 e. The van der Waals surface area contributed by atoms with E-state index >= 15 is 0 Å². The van der Waals surface area contributed by atoms with Gasteiger partial charge >= 0.3 is 17.9 Å². The normalized spacial score (nSPS) is 14.5. The number of carbonyl (C=O) groups is 19. The number of azo groups is 1. The molecule has 0 saturated carbocycles. The first kappa shape index (κ1) is 118. The number of carboxylic acid groups (broad SMARTS) is 3. The summed E-state index contributed by atoms with van der Waals surface area (Å²) < 4.78 is 98.7. The number of primary amides is 2. The fourth-order valence-electron chi connectivity index (χ4n) is 14.2. The van der Waals surface area contributed by atoms with Crippen LogP contribution in [0.25, 0.3) is 10.8 Å². The number of carbonyl (C=O) groups excluding carboxylic acids is 16. The molecule has 5 aromatic rings. The number of hydrazine groups is 1. The summed E-state index contributed by atoms with van der Waals surface area (Å²) in [7, 11) is -10.9. The van der Waals surface area contributed by atoms with E-state index in [0.717, 1.165) is 12.6 Å². The Morgan fingerprint density at radius 3 is 1.43 bits per heavy atom. The van der Waals surface area contributed by atoms with Gasteiger partial charge in [0.1, 0.15) is 71.4 Å². The molecule has 0 saturated heterocycles. The second-order valence-corrected chi connectivity index (χ2v) is 38.9. The molecule has 55 nitrogen and oxygen atoms in total. The number of nitrogens with one attached hydrogen (secondary N) is 15. The van der Waals surface area contributed by atoms with Gasteiger partial charge in [0.15, 0.2) is 5.96 Å². The van der Waals surface area contributed by atoms with Gasteiger partial charge in [-0.05, 0) is 142 Å². The number of carboxylic acids is 3. The number of nitrogens with two attached hydrogens (primary N) is 5. The number of sulfonamides is 1. The van der Waals surface area contributed by atoms with Crippen molar-refractivity contribution in [2.24, 2.45) is 45.0 Å². The van der Waals surface area contributed by atoms with Crippen LogP contribution in [-0.4, -0.2) is 284 Å². The third-order valence-electron chi connectivity index (χ3n) is 21.9. The van der Waals surface area contributed by atoms with E-state index in [1.807, 2.05) is 36.6 Å². The first-order chi connectivity index (χ1) is 67.8. The van der Waals surface area contributed by atoms with Crippen molar-refractivity contribution in [1.29, 1.82) is 5.41 Å². The van der Waals surface area contributed by atoms with Crippen LogP contribution >= 0.6 is 0 Å². The number of anilines is 2. The van der Waals surface area contributed by atoms with E-state index in [4.69, 9.17) is 34.1 Å². The molecule has 16 amide bonds. The Bertz CT molecular complexity index is 6060. The molecule has 0 unspecified atom stereocenters. The average molecular weight is 2090 g/mol. The van der Waals surface area contributed by atoms with Gasteiger partial charge in [-0.1, -0.05) is 64.4 Å². The second-order valence-electron chi connectivity index (χ2n) is 34.3. The maximum atomic E-state index is 14.8. The number of benzene rings is 5. The molecule has 0 bridgehead atoms. The lowest BCUT2D eigenvalue weighted by molar-refractivity contribution is -0.142. The van der Waals surface area contributed by atoms with Gasteiger partial charge in [0.2, 0.25) is 86.8 Å². The molecule has 12 atom stereocenters. The fourth-order valence-corrected chi connectivity index (χ4v) is 16.5. The first-order valence-corrected chi connectivity index (χ1v) is 49.0. The fraction of sp³-hybridized carbons (Fsp3) is 0.448. The third kappa shape index (κ3) is 36.8. The quantitative estimate of drug-likeness (QED) is 0.00331. The molecular weight excluding hydrogens is 1970 g/mol. The minimum atomic E-state index is -5.39. The zero-order valence-electron chi connectivity index (χ0n) is 79.3. The van der Waals surface area contributed by atoms with Gasteiger partial charge in [-0.3, -0.25) is 111 Å². The number of aliphatic hydroxyl groups excluding tert-OH is 1. The monoisotopic (exact) mass is 2090 g/mol. The number of unbranched alkanes of at least 4 members (excludes halogenated alkanes) is 1. The number of aliphatic carboxylic acids is 3. The molecule has 0 fully saturated rings. The highest BCUT2D eigenvalue weighted by molar-refractivity contribution is 7.89. The Morgan fingerprint density at radius 2 is 0.924 bits per heavy atom. The molecule has 145 heavy (non-hydrogen) atoms. The Hall–Kier alpha value is -15.4. The van der Waals surface area contributed by atoms with Gasteiger partial charge < -0.3 is 118 Å². The van der Waals surface area contributed by atoms with Crippen molar-refractivity contribution in [3.05, 3.63) is 114 Å². The zero-order valence-corrected chi connectivity index (χ0v) is 81.8. The molecule has 1 aliphatic heterocycles. The molecule has 1 aliphatic rings. The summed E-state index contributed by atoms with van der Waals surface area (Å²) in [4.78, 5) is 260. The maximum Gasteiger partial charge on any atom is 0.305 e. The maximum absolute atomic E-state index is 14.8. The Balaban J connectivity index is 1.13. The lowest BCUT2D eigenvalue weighted by atomic mass is 9.93. The van der Waals surface area contributed by atoms with E-state index in [0.29, 0.717) is 29.6 Å². The van der Waals surface area contributed by atoms with Crippen LogP contribution in [0.1, 0.15) is 151 Å². The lowest BCUT2D eigenvalue weighted by Gasteiger charge is -2.30. The van der Waals surface area contributed by atoms with Gasteiger partial charge in [0.05, 0.1) is 63.5 Å². The summed E-state index contributed by atoms with van der Waals surface area (Å²) in [5, 5.41) is 82.0. The smallest absolute Gasteiger partial charge is 0.305 e. The van der Waals surface area contributed by atoms with Crippen molar-refractivity contribution >= 4 is 182 Å². The summed E-state index contributed by atoms with van der Waals surface area (Å²) in [6.45, 7) is 5.41. The predicted molar refractivity (Wildman–Crippen MR) is 511 cm³/mol. The third-order valence-corrected chi connectivity index (χ3v) is 25.1. The van der Waals surface area contributed by atoms with Gasteiger partial charge in [-0.25, -0.2) is 13.1 Å². The number of hydrogen-bond donors (Lipinski definition) is 26. The van der Waals surface area contributed by atoms with Crippen LogP contribution in [0.3, 0.4) is 0 Å². The molecule has 1 heterocycles. The molecule has 0 aromatic heterocycles. The number of hydrogen-bond acceptors (Lipinski definition) is 32. The molecule has 0 spiro atoms. The van der Waals surface area contributed by atoms with Crippen LogP contribution in [0.2, 0.25) is 0 Å². The van der Waals surface area contributed by atoms with Gasteiger partial charge in [-0.2, -0.15) is 32.1 Å². The average Bonchev–Trinajstić information content (AvgIpc) is 0.717. The number of nitrogen functional groups attached to an aromatic ring is 1. The van der Waals surface area contributed by atoms with Crippen LogP contribution in [-0.2, 0) is 118 Å². The molecule has 0 radical (unpaired) electrons. The van der Waals surface area contributed by atoms with E-state index in [1.165, 1.54) is 76.2 Å². The first-order valence-electron chi connectivity index (χ1n) is 44.7. The molecule has 5 aromatic carbocycles. The second kappa shape index (κ2) is 54.2. The Kier molecular flexibility index (Phi) is 44.2. The Labute approximate surface area is 829 Å². The predicted octanol–water partition coefficient (Wildman–Crippen LogP) is -4.60. The highest BCUT2D eigenvalue weighted by Gasteiger charge is 2.43. The minimum Gasteiger partial charge on any atom is -0.481 e. The SMILES string of the molecule is CC(C)C[C@H](NC(=O)[C@H](CC(N)=O)NC(=O)[C@@H](NC(=O)[C@H](CCC(=O)O)NC(=O)[C@H](CO)NC(=O)[C@@H](N)CCCCNS(=O)(=O)c1ccc(N=Nc2ccc(N(C)C)cc2)cc1)C(C)C)C(=O)N[C@@H](CC(=O)O)C(=O)N[C@@H](C)C(=O)N[C@@H](CCC(=O)O)C(=O)N[C@@H](Cc1ccccc1)C(=O)N[C@@H](CCCNC(=N)N)C(=O)N[C@@H](CCC(N)=O)C(=O)NN1C(=O)c2cc(S(=O)(=O)O)cc3c(N)c(S(=O)(=O)O)cc(c23)C1=O. The highest BCUT2D eigenvalue weighted by Crippen LogP contribution is 2.39. The van der Waals surface area contributed by atoms with Gasteiger partial charge in [-0.15, -0.1) is 0 Å². The standard InChI is InChI=1S/C87H118N24O31S3/c1-42(2)34-59(101-81(129)61(39-66(90)114)104-84(132)72(43(3)4)106-77(125)57(28-31-68(117)118)99-82(130)63(41-112)105-74(122)54(88)16-11-12-33-95-143(135,136)49-24-20-47(21-25-49)108-107-46-18-22-48(23-19-46)110(6)7)79(127)103-62(40-69(119)120)78(126)96-44(5)73(121)97-56(27-30-67(115)116)76(124)102-60(35-45-14-9-8-10-15-45)80(128)98-55(17-13-32-94-87(92)93)75(123)100-58(26-29-65(89)113)83(131)109-111-85(133)52-37-50(144(137,138)139)36-51-70(52)53(86(111)134)38-64(71(51)91)145(140,141)142/h8-10,14-15,18-25,36-38,42-44,54-63,72,95,112H,11-13,16-17,26-35,39-41,88,91H2,1-7H3,(H2,89,113)(H2,90,114)(H,96,126)(H,97,121)(H,98,128)(H,99,130)(H,100,123)(H,101,129)(H,102,124)(H,103,127)(H,104,132)(H,105,122)(H,106,125)(H,109,131)(H,115,116)(H,117,118)(H,119,120)(H4,92,93,94)(H,137,138,139)(H,140,141,142)/t44-,54-,55-,56-,57-,58-,59-,60-,61-,62-,63-,72-/m0/s1. The van der Waals surface area contributed by atoms with E-state index < -0.39 is 341 Å². The zero-order chi connectivity index (χ0) is 109. The summed E-state index contributed by atoms with van der Waals surface area (Å²) >= 11 is 0. The molecule has 58 heteroatoms. The van der Waals surface area contributed by atoms with Gasteiger partial charge in [0.25, 0.3) is 38.0 Å². The van der Waals surface area contributed by atoms with E-state index in [-0.39, 0.29) is 60.7 Å². The summed E-state index contributed by atoms with van der Waals surface area (Å²) in [5.41, 5.74) is 30.1. The molecule has 790 valence electrons. The van der Waals surface area contributed by atoms with E-state index in [9.17, 15) is 146 Å². The van der Waals surface area contributed by atoms with Crippen LogP contribution in [0.15, 0.2) is 122 Å². The number of imide groups is 1.